The van der Waals surface area contributed by atoms with Crippen LogP contribution in [0.3, 0.4) is 0 Å². The molecule has 0 heterocycles. The summed E-state index contributed by atoms with van der Waals surface area (Å²) in [5, 5.41) is 0. The fourth-order valence-corrected chi connectivity index (χ4v) is 22.2. The van der Waals surface area contributed by atoms with Gasteiger partial charge in [-0.3, -0.25) is 0 Å². The van der Waals surface area contributed by atoms with Gasteiger partial charge in [-0.1, -0.05) is 0 Å². The summed E-state index contributed by atoms with van der Waals surface area (Å²) in [6.45, 7) is 9.88. The van der Waals surface area contributed by atoms with Gasteiger partial charge >= 0.3 is 273 Å². The summed E-state index contributed by atoms with van der Waals surface area (Å²) in [5.41, 5.74) is 6.39. The van der Waals surface area contributed by atoms with Crippen LogP contribution in [-0.4, -0.2) is 3.71 Å². The summed E-state index contributed by atoms with van der Waals surface area (Å²) in [6, 6.07) is 17.3. The number of hydrogen-bond acceptors (Lipinski definition) is 2. The second-order valence-electron chi connectivity index (χ2n) is 12.6. The summed E-state index contributed by atoms with van der Waals surface area (Å²) in [7, 11) is 0. The van der Waals surface area contributed by atoms with Crippen molar-refractivity contribution in [3.63, 3.8) is 0 Å². The van der Waals surface area contributed by atoms with Gasteiger partial charge in [0.05, 0.1) is 0 Å². The van der Waals surface area contributed by atoms with Crippen molar-refractivity contribution in [2.45, 2.75) is 54.2 Å². The normalized spacial score (nSPS) is 17.4. The molecule has 47 heavy (non-hydrogen) atoms. The van der Waals surface area contributed by atoms with Crippen LogP contribution in [0.5, 0.6) is 11.5 Å². The standard InChI is InChI=1S/2C11H11.2C7H5F3O.C2H4.Zr/c2*1-8-6-7-9(2)11-5-3-4-10(8)11;2*8-7(9,10)5-1-3-6(11)4-2-5;1-2;/h2*3-7H,1-2H3;2*1-4,11H;1H,2H3;/q;;;;;+2/p-2. The Balaban J connectivity index is 1.69. The molecule has 2 atom stereocenters. The van der Waals surface area contributed by atoms with Crippen LogP contribution in [0.4, 0.5) is 26.3 Å². The Morgan fingerprint density at radius 1 is 0.532 bits per heavy atom. The van der Waals surface area contributed by atoms with Crippen molar-refractivity contribution in [3.05, 3.63) is 141 Å². The number of benzene rings is 4. The van der Waals surface area contributed by atoms with Crippen molar-refractivity contribution in [1.29, 1.82) is 0 Å². The Bertz CT molecular complexity index is 1860. The van der Waals surface area contributed by atoms with Gasteiger partial charge in [-0.25, -0.2) is 0 Å². The quantitative estimate of drug-likeness (QED) is 0.184. The van der Waals surface area contributed by atoms with Gasteiger partial charge in [0.25, 0.3) is 0 Å². The molecule has 0 bridgehead atoms. The van der Waals surface area contributed by atoms with Crippen LogP contribution in [0.25, 0.3) is 12.2 Å². The minimum absolute atomic E-state index is 0.188. The SMILES string of the molecule is C[CH]=[Zr]([O]c1ccc(C(F)(F)F)cc1)([O]c1ccc(C(F)(F)F)cc1)([CH]1C=Cc2c(C)ccc(C)c21)[CH]1C=Cc2c(C)ccc(C)c21. The summed E-state index contributed by atoms with van der Waals surface area (Å²) in [5.74, 6) is 0.376. The van der Waals surface area contributed by atoms with Gasteiger partial charge in [0.2, 0.25) is 0 Å². The van der Waals surface area contributed by atoms with E-state index in [-0.39, 0.29) is 11.5 Å². The first-order valence-electron chi connectivity index (χ1n) is 15.3. The Labute approximate surface area is 272 Å². The predicted octanol–water partition coefficient (Wildman–Crippen LogP) is 11.3. The third-order valence-corrected chi connectivity index (χ3v) is 24.3. The number of rotatable bonds is 6. The fourth-order valence-electron chi connectivity index (χ4n) is 7.38. The summed E-state index contributed by atoms with van der Waals surface area (Å²) < 4.78 is 97.4. The molecule has 0 radical (unpaired) electrons. The molecule has 0 aliphatic heterocycles. The zero-order valence-corrected chi connectivity index (χ0v) is 29.0. The van der Waals surface area contributed by atoms with Crippen molar-refractivity contribution in [3.8, 4) is 11.5 Å². The van der Waals surface area contributed by atoms with E-state index in [0.717, 1.165) is 68.8 Å². The van der Waals surface area contributed by atoms with Gasteiger partial charge in [-0.05, 0) is 0 Å². The van der Waals surface area contributed by atoms with Gasteiger partial charge in [-0.2, -0.15) is 0 Å². The number of aryl methyl sites for hydroxylation is 4. The van der Waals surface area contributed by atoms with E-state index in [9.17, 15) is 26.3 Å². The minimum atomic E-state index is -5.95. The molecule has 2 aliphatic rings. The van der Waals surface area contributed by atoms with E-state index >= 15 is 0 Å². The van der Waals surface area contributed by atoms with Gasteiger partial charge in [-0.15, -0.1) is 0 Å². The number of halogens is 6. The maximum atomic E-state index is 13.6. The zero-order valence-electron chi connectivity index (χ0n) is 26.6. The average Bonchev–Trinajstić information content (AvgIpc) is 3.69. The number of hydrogen-bond donors (Lipinski definition) is 0. The summed E-state index contributed by atoms with van der Waals surface area (Å²) >= 11 is -5.95. The van der Waals surface area contributed by atoms with Crippen molar-refractivity contribution in [1.82, 2.24) is 0 Å². The first kappa shape index (κ1) is 33.2. The molecule has 4 aromatic carbocycles. The second kappa shape index (κ2) is 11.5. The van der Waals surface area contributed by atoms with Crippen molar-refractivity contribution in [2.24, 2.45) is 0 Å². The Morgan fingerprint density at radius 3 is 1.19 bits per heavy atom. The van der Waals surface area contributed by atoms with E-state index in [0.29, 0.717) is 0 Å². The van der Waals surface area contributed by atoms with Crippen molar-refractivity contribution >= 4 is 15.9 Å². The van der Waals surface area contributed by atoms with E-state index in [4.69, 9.17) is 5.63 Å². The molecule has 0 N–H and O–H groups in total. The van der Waals surface area contributed by atoms with Crippen LogP contribution < -0.4 is 5.63 Å². The first-order valence-corrected chi connectivity index (χ1v) is 21.6. The third-order valence-electron chi connectivity index (χ3n) is 9.81. The molecule has 0 fully saturated rings. The molecule has 0 spiro atoms. The number of alkyl halides is 6. The van der Waals surface area contributed by atoms with Gasteiger partial charge in [0.15, 0.2) is 0 Å². The van der Waals surface area contributed by atoms with E-state index in [1.54, 1.807) is 0 Å². The first-order chi connectivity index (χ1) is 22.1. The monoisotopic (exact) mass is 726 g/mol. The van der Waals surface area contributed by atoms with Crippen LogP contribution in [0.15, 0.2) is 84.9 Å². The summed E-state index contributed by atoms with van der Waals surface area (Å²) in [4.78, 5) is 0. The van der Waals surface area contributed by atoms with E-state index in [1.807, 2.05) is 74.7 Å². The van der Waals surface area contributed by atoms with Crippen LogP contribution in [0, 0.1) is 27.7 Å². The number of allylic oxidation sites excluding steroid dienone is 2. The maximum absolute atomic E-state index is 13.6. The van der Waals surface area contributed by atoms with Crippen molar-refractivity contribution < 1.29 is 51.1 Å². The Hall–Kier alpha value is -3.71. The van der Waals surface area contributed by atoms with Gasteiger partial charge in [0.1, 0.15) is 0 Å². The number of fused-ring (bicyclic) bond motifs is 2. The predicted molar refractivity (Wildman–Crippen MR) is 171 cm³/mol. The third kappa shape index (κ3) is 5.45. The second-order valence-corrected chi connectivity index (χ2v) is 24.4. The molecule has 0 aromatic heterocycles. The molecule has 9 heteroatoms. The molecule has 0 saturated carbocycles. The Morgan fingerprint density at radius 2 is 0.872 bits per heavy atom. The van der Waals surface area contributed by atoms with Crippen LogP contribution in [0.1, 0.15) is 69.8 Å². The zero-order chi connectivity index (χ0) is 34.0. The molecule has 0 saturated heterocycles. The average molecular weight is 728 g/mol. The molecular formula is C38H34F6O2Zr. The van der Waals surface area contributed by atoms with Crippen LogP contribution in [-0.2, 0) is 31.5 Å². The molecule has 2 unspecified atom stereocenters. The molecule has 2 aliphatic carbocycles. The van der Waals surface area contributed by atoms with Crippen LogP contribution in [0.2, 0.25) is 0 Å². The van der Waals surface area contributed by atoms with Crippen molar-refractivity contribution in [2.75, 3.05) is 0 Å². The van der Waals surface area contributed by atoms with Gasteiger partial charge in [0, 0.05) is 0 Å². The summed E-state index contributed by atoms with van der Waals surface area (Å²) in [6.07, 6.45) is -0.911. The van der Waals surface area contributed by atoms with E-state index < -0.39 is 49.9 Å². The molecule has 2 nitrogen and oxygen atoms in total. The topological polar surface area (TPSA) is 18.5 Å². The van der Waals surface area contributed by atoms with E-state index in [1.165, 1.54) is 24.3 Å². The molecular weight excluding hydrogens is 694 g/mol. The molecule has 0 amide bonds. The van der Waals surface area contributed by atoms with Crippen LogP contribution >= 0.6 is 0 Å². The fraction of sp³-hybridized carbons (Fsp3) is 0.237. The molecule has 244 valence electrons. The molecule has 6 rings (SSSR count). The Kier molecular flexibility index (Phi) is 8.10. The van der Waals surface area contributed by atoms with Gasteiger partial charge < -0.3 is 0 Å². The van der Waals surface area contributed by atoms with E-state index in [2.05, 4.69) is 12.2 Å². The molecule has 4 aromatic rings.